The zero-order valence-electron chi connectivity index (χ0n) is 12.0. The second-order valence-corrected chi connectivity index (χ2v) is 6.38. The summed E-state index contributed by atoms with van der Waals surface area (Å²) in [4.78, 5) is 0.0814. The summed E-state index contributed by atoms with van der Waals surface area (Å²) in [6.45, 7) is 2.33. The van der Waals surface area contributed by atoms with Gasteiger partial charge in [-0.05, 0) is 6.42 Å². The maximum Gasteiger partial charge on any atom is 0.243 e. The Bertz CT molecular complexity index is 704. The zero-order chi connectivity index (χ0) is 15.5. The molecule has 116 valence electrons. The van der Waals surface area contributed by atoms with Crippen LogP contribution in [0.25, 0.3) is 0 Å². The summed E-state index contributed by atoms with van der Waals surface area (Å²) in [5.41, 5.74) is 1.72. The van der Waals surface area contributed by atoms with Crippen molar-refractivity contribution < 1.29 is 13.5 Å². The highest BCUT2D eigenvalue weighted by Crippen LogP contribution is 2.11. The Balaban J connectivity index is 2.09. The molecule has 9 heteroatoms. The van der Waals surface area contributed by atoms with E-state index in [0.29, 0.717) is 0 Å². The van der Waals surface area contributed by atoms with Crippen molar-refractivity contribution in [2.24, 2.45) is 7.05 Å². The van der Waals surface area contributed by atoms with Gasteiger partial charge in [0.2, 0.25) is 10.0 Å². The summed E-state index contributed by atoms with van der Waals surface area (Å²) in [5.74, 6) is 0. The van der Waals surface area contributed by atoms with E-state index in [1.54, 1.807) is 17.9 Å². The van der Waals surface area contributed by atoms with E-state index in [0.717, 1.165) is 17.7 Å². The molecular weight excluding hydrogens is 294 g/mol. The summed E-state index contributed by atoms with van der Waals surface area (Å²) >= 11 is 0. The van der Waals surface area contributed by atoms with Gasteiger partial charge in [0, 0.05) is 31.5 Å². The monoisotopic (exact) mass is 313 g/mol. The van der Waals surface area contributed by atoms with Gasteiger partial charge in [-0.1, -0.05) is 6.92 Å². The lowest BCUT2D eigenvalue weighted by Crippen LogP contribution is -2.23. The number of sulfonamides is 1. The van der Waals surface area contributed by atoms with E-state index in [1.807, 2.05) is 6.92 Å². The number of rotatable bonds is 7. The van der Waals surface area contributed by atoms with Crippen LogP contribution < -0.4 is 4.72 Å². The molecule has 21 heavy (non-hydrogen) atoms. The minimum atomic E-state index is -3.62. The van der Waals surface area contributed by atoms with Crippen LogP contribution in [0.2, 0.25) is 0 Å². The van der Waals surface area contributed by atoms with Gasteiger partial charge >= 0.3 is 0 Å². The molecule has 0 saturated carbocycles. The predicted molar refractivity (Wildman–Crippen MR) is 75.9 cm³/mol. The number of nitrogens with one attached hydrogen (secondary N) is 1. The fraction of sp³-hybridized carbons (Fsp3) is 0.500. The molecule has 0 bridgehead atoms. The third-order valence-electron chi connectivity index (χ3n) is 3.03. The zero-order valence-corrected chi connectivity index (χ0v) is 12.8. The van der Waals surface area contributed by atoms with Crippen molar-refractivity contribution in [3.8, 4) is 0 Å². The van der Waals surface area contributed by atoms with Crippen LogP contribution in [0.4, 0.5) is 0 Å². The first-order chi connectivity index (χ1) is 9.96. The number of aliphatic hydroxyl groups is 1. The Kier molecular flexibility index (Phi) is 4.76. The molecule has 0 aliphatic heterocycles. The Labute approximate surface area is 123 Å². The van der Waals surface area contributed by atoms with E-state index in [-0.39, 0.29) is 24.6 Å². The Morgan fingerprint density at radius 3 is 2.81 bits per heavy atom. The Hall–Kier alpha value is -1.71. The number of aromatic nitrogens is 4. The van der Waals surface area contributed by atoms with Gasteiger partial charge in [0.05, 0.1) is 25.0 Å². The van der Waals surface area contributed by atoms with Crippen molar-refractivity contribution in [1.29, 1.82) is 0 Å². The standard InChI is InChI=1S/C12H19N5O3S/c1-3-12-10(8-16(2)15-12)6-14-21(19,20)11-7-13-17(9-11)4-5-18/h7-9,14,18H,3-6H2,1-2H3. The average Bonchev–Trinajstić information content (AvgIpc) is 3.04. The highest BCUT2D eigenvalue weighted by atomic mass is 32.2. The van der Waals surface area contributed by atoms with Crippen LogP contribution in [-0.4, -0.2) is 39.7 Å². The van der Waals surface area contributed by atoms with Crippen molar-refractivity contribution in [1.82, 2.24) is 24.3 Å². The van der Waals surface area contributed by atoms with E-state index >= 15 is 0 Å². The molecule has 2 aromatic rings. The second kappa shape index (κ2) is 6.37. The van der Waals surface area contributed by atoms with Gasteiger partial charge in [-0.3, -0.25) is 9.36 Å². The molecule has 0 fully saturated rings. The van der Waals surface area contributed by atoms with E-state index in [4.69, 9.17) is 5.11 Å². The molecule has 0 atom stereocenters. The van der Waals surface area contributed by atoms with Crippen LogP contribution in [0, 0.1) is 0 Å². The first-order valence-corrected chi connectivity index (χ1v) is 8.09. The van der Waals surface area contributed by atoms with Crippen LogP contribution in [0.3, 0.4) is 0 Å². The van der Waals surface area contributed by atoms with Gasteiger partial charge in [-0.2, -0.15) is 10.2 Å². The van der Waals surface area contributed by atoms with Crippen molar-refractivity contribution >= 4 is 10.0 Å². The van der Waals surface area contributed by atoms with Gasteiger partial charge in [-0.25, -0.2) is 13.1 Å². The quantitative estimate of drug-likeness (QED) is 0.727. The highest BCUT2D eigenvalue weighted by Gasteiger charge is 2.17. The van der Waals surface area contributed by atoms with Crippen molar-refractivity contribution in [2.75, 3.05) is 6.61 Å². The molecule has 0 saturated heterocycles. The SMILES string of the molecule is CCc1nn(C)cc1CNS(=O)(=O)c1cnn(CCO)c1. The van der Waals surface area contributed by atoms with Gasteiger partial charge < -0.3 is 5.11 Å². The summed E-state index contributed by atoms with van der Waals surface area (Å²) in [7, 11) is -1.82. The van der Waals surface area contributed by atoms with Gasteiger partial charge in [0.15, 0.2) is 0 Å². The van der Waals surface area contributed by atoms with Crippen molar-refractivity contribution in [3.63, 3.8) is 0 Å². The van der Waals surface area contributed by atoms with Gasteiger partial charge in [0.25, 0.3) is 0 Å². The topological polar surface area (TPSA) is 102 Å². The van der Waals surface area contributed by atoms with Crippen LogP contribution >= 0.6 is 0 Å². The van der Waals surface area contributed by atoms with Gasteiger partial charge in [-0.15, -0.1) is 0 Å². The number of hydrogen-bond donors (Lipinski definition) is 2. The molecule has 0 aliphatic carbocycles. The summed E-state index contributed by atoms with van der Waals surface area (Å²) in [6, 6.07) is 0. The molecule has 8 nitrogen and oxygen atoms in total. The molecule has 2 rings (SSSR count). The maximum absolute atomic E-state index is 12.2. The minimum Gasteiger partial charge on any atom is -0.394 e. The molecule has 2 heterocycles. The fourth-order valence-corrected chi connectivity index (χ4v) is 2.95. The third kappa shape index (κ3) is 3.69. The summed E-state index contributed by atoms with van der Waals surface area (Å²) < 4.78 is 29.9. The molecule has 2 aromatic heterocycles. The molecule has 0 aliphatic rings. The first kappa shape index (κ1) is 15.7. The molecule has 0 unspecified atom stereocenters. The molecule has 0 amide bonds. The maximum atomic E-state index is 12.2. The molecule has 0 radical (unpaired) electrons. The van der Waals surface area contributed by atoms with Crippen LogP contribution in [0.1, 0.15) is 18.2 Å². The average molecular weight is 313 g/mol. The largest absolute Gasteiger partial charge is 0.394 e. The highest BCUT2D eigenvalue weighted by molar-refractivity contribution is 7.89. The normalized spacial score (nSPS) is 12.0. The Morgan fingerprint density at radius 2 is 2.14 bits per heavy atom. The second-order valence-electron chi connectivity index (χ2n) is 4.62. The predicted octanol–water partition coefficient (Wildman–Crippen LogP) is -0.350. The lowest BCUT2D eigenvalue weighted by atomic mass is 10.2. The summed E-state index contributed by atoms with van der Waals surface area (Å²) in [6.07, 6.45) is 5.20. The number of nitrogens with zero attached hydrogens (tertiary/aromatic N) is 4. The molecule has 0 spiro atoms. The summed E-state index contributed by atoms with van der Waals surface area (Å²) in [5, 5.41) is 17.0. The third-order valence-corrected chi connectivity index (χ3v) is 4.38. The minimum absolute atomic E-state index is 0.0814. The molecule has 0 aromatic carbocycles. The van der Waals surface area contributed by atoms with Crippen LogP contribution in [-0.2, 0) is 36.6 Å². The van der Waals surface area contributed by atoms with Crippen LogP contribution in [0.5, 0.6) is 0 Å². The van der Waals surface area contributed by atoms with E-state index in [9.17, 15) is 8.42 Å². The van der Waals surface area contributed by atoms with Crippen molar-refractivity contribution in [3.05, 3.63) is 29.8 Å². The number of aryl methyl sites for hydroxylation is 2. The van der Waals surface area contributed by atoms with E-state index in [1.165, 1.54) is 17.1 Å². The number of aliphatic hydroxyl groups excluding tert-OH is 1. The Morgan fingerprint density at radius 1 is 1.38 bits per heavy atom. The van der Waals surface area contributed by atoms with Crippen LogP contribution in [0.15, 0.2) is 23.5 Å². The van der Waals surface area contributed by atoms with E-state index in [2.05, 4.69) is 14.9 Å². The van der Waals surface area contributed by atoms with E-state index < -0.39 is 10.0 Å². The molecule has 2 N–H and O–H groups in total. The fourth-order valence-electron chi connectivity index (χ4n) is 1.99. The number of hydrogen-bond acceptors (Lipinski definition) is 5. The van der Waals surface area contributed by atoms with Gasteiger partial charge in [0.1, 0.15) is 4.90 Å². The lowest BCUT2D eigenvalue weighted by molar-refractivity contribution is 0.269. The first-order valence-electron chi connectivity index (χ1n) is 6.60. The smallest absolute Gasteiger partial charge is 0.243 e. The molecular formula is C12H19N5O3S. The van der Waals surface area contributed by atoms with Crippen molar-refractivity contribution in [2.45, 2.75) is 31.3 Å². The lowest BCUT2D eigenvalue weighted by Gasteiger charge is -2.04.